The molecule has 0 heterocycles. The lowest BCUT2D eigenvalue weighted by atomic mass is 10.0. The van der Waals surface area contributed by atoms with Crippen molar-refractivity contribution in [2.45, 2.75) is 26.7 Å². The van der Waals surface area contributed by atoms with Gasteiger partial charge in [-0.15, -0.1) is 0 Å². The predicted molar refractivity (Wildman–Crippen MR) is 63.5 cm³/mol. The molecule has 0 saturated heterocycles. The highest BCUT2D eigenvalue weighted by Gasteiger charge is 1.94. The fourth-order valence-corrected chi connectivity index (χ4v) is 1.45. The lowest BCUT2D eigenvalue weighted by molar-refractivity contribution is 1.12. The van der Waals surface area contributed by atoms with Crippen LogP contribution in [0.3, 0.4) is 0 Å². The van der Waals surface area contributed by atoms with Gasteiger partial charge in [-0.2, -0.15) is 0 Å². The molecule has 0 radical (unpaired) electrons. The minimum absolute atomic E-state index is 0.953. The quantitative estimate of drug-likeness (QED) is 0.625. The standard InChI is InChI=1S/C14H18/c1-4-6-12(3)11-14-9-7-13(5-2)8-10-14/h4,6-10H,3,5,11H2,1-2H3/b6-4-. The molecule has 0 atom stereocenters. The molecule has 74 valence electrons. The van der Waals surface area contributed by atoms with Crippen LogP contribution in [0.5, 0.6) is 0 Å². The summed E-state index contributed by atoms with van der Waals surface area (Å²) in [5, 5.41) is 0. The van der Waals surface area contributed by atoms with Crippen LogP contribution >= 0.6 is 0 Å². The second-order valence-corrected chi connectivity index (χ2v) is 3.51. The van der Waals surface area contributed by atoms with Crippen LogP contribution in [-0.4, -0.2) is 0 Å². The molecule has 0 bridgehead atoms. The summed E-state index contributed by atoms with van der Waals surface area (Å²) in [6, 6.07) is 8.76. The maximum absolute atomic E-state index is 4.00. The molecule has 0 unspecified atom stereocenters. The molecule has 0 heteroatoms. The number of allylic oxidation sites excluding steroid dienone is 3. The molecule has 0 aliphatic carbocycles. The molecule has 0 nitrogen and oxygen atoms in total. The van der Waals surface area contributed by atoms with Crippen LogP contribution < -0.4 is 0 Å². The minimum atomic E-state index is 0.953. The summed E-state index contributed by atoms with van der Waals surface area (Å²) < 4.78 is 0. The van der Waals surface area contributed by atoms with Gasteiger partial charge in [-0.05, 0) is 30.9 Å². The molecule has 1 rings (SSSR count). The van der Waals surface area contributed by atoms with Crippen molar-refractivity contribution in [1.29, 1.82) is 0 Å². The third-order valence-electron chi connectivity index (χ3n) is 2.26. The molecule has 0 spiro atoms. The van der Waals surface area contributed by atoms with Crippen LogP contribution in [0.2, 0.25) is 0 Å². The van der Waals surface area contributed by atoms with Crippen molar-refractivity contribution < 1.29 is 0 Å². The van der Waals surface area contributed by atoms with Crippen LogP contribution in [0.15, 0.2) is 48.6 Å². The van der Waals surface area contributed by atoms with E-state index in [4.69, 9.17) is 0 Å². The van der Waals surface area contributed by atoms with Gasteiger partial charge in [-0.25, -0.2) is 0 Å². The molecular weight excluding hydrogens is 168 g/mol. The van der Waals surface area contributed by atoms with Crippen LogP contribution in [-0.2, 0) is 12.8 Å². The van der Waals surface area contributed by atoms with Gasteiger partial charge >= 0.3 is 0 Å². The third kappa shape index (κ3) is 3.21. The van der Waals surface area contributed by atoms with Crippen LogP contribution in [0.25, 0.3) is 0 Å². The lowest BCUT2D eigenvalue weighted by Crippen LogP contribution is -1.87. The Labute approximate surface area is 87.0 Å². The maximum atomic E-state index is 4.00. The Morgan fingerprint density at radius 3 is 2.29 bits per heavy atom. The van der Waals surface area contributed by atoms with E-state index >= 15 is 0 Å². The molecule has 0 fully saturated rings. The summed E-state index contributed by atoms with van der Waals surface area (Å²) >= 11 is 0. The SMILES string of the molecule is C=C(/C=C\C)Cc1ccc(CC)cc1. The normalized spacial score (nSPS) is 10.7. The zero-order valence-electron chi connectivity index (χ0n) is 9.09. The van der Waals surface area contributed by atoms with E-state index in [2.05, 4.69) is 43.8 Å². The average molecular weight is 186 g/mol. The minimum Gasteiger partial charge on any atom is -0.0955 e. The Hall–Kier alpha value is -1.30. The van der Waals surface area contributed by atoms with Crippen molar-refractivity contribution in [3.05, 3.63) is 59.7 Å². The first-order valence-electron chi connectivity index (χ1n) is 5.14. The molecule has 1 aromatic carbocycles. The maximum Gasteiger partial charge on any atom is -0.00318 e. The number of benzene rings is 1. The van der Waals surface area contributed by atoms with Crippen molar-refractivity contribution in [3.63, 3.8) is 0 Å². The van der Waals surface area contributed by atoms with E-state index in [1.54, 1.807) is 0 Å². The molecule has 0 amide bonds. The van der Waals surface area contributed by atoms with Crippen LogP contribution in [0, 0.1) is 0 Å². The van der Waals surface area contributed by atoms with Crippen LogP contribution in [0.1, 0.15) is 25.0 Å². The van der Waals surface area contributed by atoms with Gasteiger partial charge < -0.3 is 0 Å². The molecule has 0 N–H and O–H groups in total. The monoisotopic (exact) mass is 186 g/mol. The molecule has 1 aromatic rings. The first kappa shape index (κ1) is 10.8. The molecule has 14 heavy (non-hydrogen) atoms. The Morgan fingerprint density at radius 1 is 1.21 bits per heavy atom. The Bertz CT molecular complexity index is 314. The smallest absolute Gasteiger partial charge is 0.00318 e. The van der Waals surface area contributed by atoms with Gasteiger partial charge in [-0.3, -0.25) is 0 Å². The van der Waals surface area contributed by atoms with Crippen LogP contribution in [0.4, 0.5) is 0 Å². The fourth-order valence-electron chi connectivity index (χ4n) is 1.45. The first-order valence-corrected chi connectivity index (χ1v) is 5.14. The summed E-state index contributed by atoms with van der Waals surface area (Å²) in [7, 11) is 0. The van der Waals surface area contributed by atoms with E-state index < -0.39 is 0 Å². The Balaban J connectivity index is 2.64. The highest BCUT2D eigenvalue weighted by molar-refractivity contribution is 5.28. The van der Waals surface area contributed by atoms with Crippen molar-refractivity contribution >= 4 is 0 Å². The van der Waals surface area contributed by atoms with Gasteiger partial charge in [0.25, 0.3) is 0 Å². The van der Waals surface area contributed by atoms with E-state index in [1.807, 2.05) is 13.0 Å². The van der Waals surface area contributed by atoms with Crippen molar-refractivity contribution in [1.82, 2.24) is 0 Å². The summed E-state index contributed by atoms with van der Waals surface area (Å²) in [5.41, 5.74) is 3.90. The zero-order valence-corrected chi connectivity index (χ0v) is 9.09. The van der Waals surface area contributed by atoms with E-state index in [-0.39, 0.29) is 0 Å². The zero-order chi connectivity index (χ0) is 10.4. The van der Waals surface area contributed by atoms with Gasteiger partial charge in [0.2, 0.25) is 0 Å². The van der Waals surface area contributed by atoms with Gasteiger partial charge in [-0.1, -0.05) is 55.5 Å². The predicted octanol–water partition coefficient (Wildman–Crippen LogP) is 3.92. The fraction of sp³-hybridized carbons (Fsp3) is 0.286. The third-order valence-corrected chi connectivity index (χ3v) is 2.26. The van der Waals surface area contributed by atoms with Gasteiger partial charge in [0, 0.05) is 0 Å². The number of aryl methyl sites for hydroxylation is 1. The van der Waals surface area contributed by atoms with E-state index in [0.29, 0.717) is 0 Å². The molecule has 0 aliphatic heterocycles. The Kier molecular flexibility index (Phi) is 4.18. The molecule has 0 saturated carbocycles. The Morgan fingerprint density at radius 2 is 1.79 bits per heavy atom. The topological polar surface area (TPSA) is 0 Å². The summed E-state index contributed by atoms with van der Waals surface area (Å²) in [6.45, 7) is 8.19. The van der Waals surface area contributed by atoms with E-state index in [9.17, 15) is 0 Å². The van der Waals surface area contributed by atoms with Crippen molar-refractivity contribution in [3.8, 4) is 0 Å². The van der Waals surface area contributed by atoms with Gasteiger partial charge in [0.15, 0.2) is 0 Å². The summed E-state index contributed by atoms with van der Waals surface area (Å²) in [6.07, 6.45) is 6.15. The number of hydrogen-bond donors (Lipinski definition) is 0. The summed E-state index contributed by atoms with van der Waals surface area (Å²) in [5.74, 6) is 0. The second-order valence-electron chi connectivity index (χ2n) is 3.51. The highest BCUT2D eigenvalue weighted by Crippen LogP contribution is 2.10. The molecule has 0 aliphatic rings. The lowest BCUT2D eigenvalue weighted by Gasteiger charge is -2.02. The van der Waals surface area contributed by atoms with Gasteiger partial charge in [0.05, 0.1) is 0 Å². The van der Waals surface area contributed by atoms with Gasteiger partial charge in [0.1, 0.15) is 0 Å². The second kappa shape index (κ2) is 5.43. The molecule has 0 aromatic heterocycles. The number of rotatable bonds is 4. The summed E-state index contributed by atoms with van der Waals surface area (Å²) in [4.78, 5) is 0. The highest BCUT2D eigenvalue weighted by atomic mass is 14.0. The number of hydrogen-bond acceptors (Lipinski definition) is 0. The largest absolute Gasteiger partial charge is 0.0955 e. The average Bonchev–Trinajstić information content (AvgIpc) is 2.19. The van der Waals surface area contributed by atoms with E-state index in [0.717, 1.165) is 18.4 Å². The molecular formula is C14H18. The van der Waals surface area contributed by atoms with Crippen molar-refractivity contribution in [2.24, 2.45) is 0 Å². The van der Waals surface area contributed by atoms with Crippen molar-refractivity contribution in [2.75, 3.05) is 0 Å². The first-order chi connectivity index (χ1) is 6.76. The van der Waals surface area contributed by atoms with E-state index in [1.165, 1.54) is 11.1 Å².